The van der Waals surface area contributed by atoms with Crippen molar-refractivity contribution >= 4 is 6.29 Å². The zero-order valence-electron chi connectivity index (χ0n) is 12.6. The number of nitrogens with zero attached hydrogens (tertiary/aromatic N) is 1. The fourth-order valence-corrected chi connectivity index (χ4v) is 3.64. The van der Waals surface area contributed by atoms with E-state index in [1.165, 1.54) is 32.0 Å². The Morgan fingerprint density at radius 3 is 2.63 bits per heavy atom. The molecule has 0 bridgehead atoms. The molecular formula is C16H29NO2. The fourth-order valence-electron chi connectivity index (χ4n) is 3.64. The molecule has 1 heterocycles. The van der Waals surface area contributed by atoms with Gasteiger partial charge in [0.25, 0.3) is 0 Å². The Morgan fingerprint density at radius 1 is 1.32 bits per heavy atom. The SMILES string of the molecule is CC1CCC(C=O)(CN(C)CC2CCCOC2)CC1. The van der Waals surface area contributed by atoms with Gasteiger partial charge in [0, 0.05) is 25.1 Å². The third-order valence-electron chi connectivity index (χ3n) is 4.93. The molecular weight excluding hydrogens is 238 g/mol. The van der Waals surface area contributed by atoms with E-state index < -0.39 is 0 Å². The monoisotopic (exact) mass is 267 g/mol. The summed E-state index contributed by atoms with van der Waals surface area (Å²) in [4.78, 5) is 13.9. The van der Waals surface area contributed by atoms with E-state index in [-0.39, 0.29) is 5.41 Å². The second kappa shape index (κ2) is 6.85. The molecule has 0 radical (unpaired) electrons. The Bertz CT molecular complexity index is 278. The molecule has 1 atom stereocenters. The maximum atomic E-state index is 11.6. The number of carbonyl (C=O) groups excluding carboxylic acids is 1. The molecule has 1 unspecified atom stereocenters. The molecule has 1 saturated heterocycles. The van der Waals surface area contributed by atoms with Crippen molar-refractivity contribution in [1.29, 1.82) is 0 Å². The highest BCUT2D eigenvalue weighted by Gasteiger charge is 2.35. The topological polar surface area (TPSA) is 29.5 Å². The molecule has 3 nitrogen and oxygen atoms in total. The highest BCUT2D eigenvalue weighted by atomic mass is 16.5. The van der Waals surface area contributed by atoms with E-state index in [1.54, 1.807) is 0 Å². The Morgan fingerprint density at radius 2 is 2.05 bits per heavy atom. The molecule has 2 rings (SSSR count). The van der Waals surface area contributed by atoms with E-state index in [0.717, 1.165) is 45.1 Å². The normalized spacial score (nSPS) is 36.4. The van der Waals surface area contributed by atoms with Gasteiger partial charge in [-0.1, -0.05) is 6.92 Å². The van der Waals surface area contributed by atoms with E-state index in [4.69, 9.17) is 4.74 Å². The summed E-state index contributed by atoms with van der Waals surface area (Å²) in [7, 11) is 2.16. The third kappa shape index (κ3) is 4.28. The quantitative estimate of drug-likeness (QED) is 0.717. The standard InChI is InChI=1S/C16H29NO2/c1-14-5-7-16(13-18,8-6-14)12-17(2)10-15-4-3-9-19-11-15/h13-15H,3-12H2,1-2H3. The summed E-state index contributed by atoms with van der Waals surface area (Å²) >= 11 is 0. The first-order valence-electron chi connectivity index (χ1n) is 7.86. The number of rotatable bonds is 5. The summed E-state index contributed by atoms with van der Waals surface area (Å²) in [5.41, 5.74) is -0.0726. The van der Waals surface area contributed by atoms with Crippen molar-refractivity contribution in [1.82, 2.24) is 4.90 Å². The molecule has 1 aliphatic carbocycles. The number of hydrogen-bond acceptors (Lipinski definition) is 3. The van der Waals surface area contributed by atoms with Crippen molar-refractivity contribution in [3.63, 3.8) is 0 Å². The molecule has 0 spiro atoms. The van der Waals surface area contributed by atoms with Gasteiger partial charge in [-0.15, -0.1) is 0 Å². The van der Waals surface area contributed by atoms with E-state index in [1.807, 2.05) is 0 Å². The van der Waals surface area contributed by atoms with Crippen LogP contribution in [0.3, 0.4) is 0 Å². The molecule has 0 amide bonds. The van der Waals surface area contributed by atoms with Gasteiger partial charge in [0.1, 0.15) is 6.29 Å². The van der Waals surface area contributed by atoms with Crippen LogP contribution < -0.4 is 0 Å². The van der Waals surface area contributed by atoms with Crippen molar-refractivity contribution in [3.8, 4) is 0 Å². The van der Waals surface area contributed by atoms with Crippen LogP contribution in [0.15, 0.2) is 0 Å². The van der Waals surface area contributed by atoms with Gasteiger partial charge in [0.15, 0.2) is 0 Å². The Balaban J connectivity index is 1.81. The molecule has 3 heteroatoms. The van der Waals surface area contributed by atoms with Gasteiger partial charge in [0.05, 0.1) is 6.61 Å². The first-order chi connectivity index (χ1) is 9.13. The van der Waals surface area contributed by atoms with Crippen LogP contribution in [0.2, 0.25) is 0 Å². The molecule has 0 aromatic carbocycles. The second-order valence-electron chi connectivity index (χ2n) is 6.94. The predicted molar refractivity (Wildman–Crippen MR) is 77.2 cm³/mol. The van der Waals surface area contributed by atoms with Gasteiger partial charge in [-0.05, 0) is 57.4 Å². The van der Waals surface area contributed by atoms with Gasteiger partial charge in [-0.2, -0.15) is 0 Å². The molecule has 1 saturated carbocycles. The Kier molecular flexibility index (Phi) is 5.40. The van der Waals surface area contributed by atoms with Gasteiger partial charge >= 0.3 is 0 Å². The number of hydrogen-bond donors (Lipinski definition) is 0. The van der Waals surface area contributed by atoms with E-state index in [0.29, 0.717) is 5.92 Å². The fraction of sp³-hybridized carbons (Fsp3) is 0.938. The maximum absolute atomic E-state index is 11.6. The summed E-state index contributed by atoms with van der Waals surface area (Å²) in [5.74, 6) is 1.45. The van der Waals surface area contributed by atoms with Gasteiger partial charge < -0.3 is 14.4 Å². The molecule has 0 N–H and O–H groups in total. The van der Waals surface area contributed by atoms with Crippen molar-refractivity contribution in [2.45, 2.75) is 45.4 Å². The van der Waals surface area contributed by atoms with Crippen molar-refractivity contribution in [3.05, 3.63) is 0 Å². The molecule has 2 aliphatic rings. The number of ether oxygens (including phenoxy) is 1. The summed E-state index contributed by atoms with van der Waals surface area (Å²) in [6, 6.07) is 0. The molecule has 2 fully saturated rings. The first-order valence-corrected chi connectivity index (χ1v) is 7.86. The van der Waals surface area contributed by atoms with Crippen LogP contribution in [0, 0.1) is 17.3 Å². The second-order valence-corrected chi connectivity index (χ2v) is 6.94. The minimum atomic E-state index is -0.0726. The lowest BCUT2D eigenvalue weighted by Gasteiger charge is -2.38. The minimum Gasteiger partial charge on any atom is -0.381 e. The molecule has 110 valence electrons. The van der Waals surface area contributed by atoms with Gasteiger partial charge in [-0.3, -0.25) is 0 Å². The van der Waals surface area contributed by atoms with Gasteiger partial charge in [0.2, 0.25) is 0 Å². The number of carbonyl (C=O) groups is 1. The predicted octanol–water partition coefficient (Wildman–Crippen LogP) is 2.74. The van der Waals surface area contributed by atoms with Crippen LogP contribution in [0.25, 0.3) is 0 Å². The van der Waals surface area contributed by atoms with Crippen LogP contribution in [0.4, 0.5) is 0 Å². The minimum absolute atomic E-state index is 0.0726. The zero-order chi connectivity index (χ0) is 13.7. The van der Waals surface area contributed by atoms with Gasteiger partial charge in [-0.25, -0.2) is 0 Å². The van der Waals surface area contributed by atoms with Crippen LogP contribution in [-0.2, 0) is 9.53 Å². The maximum Gasteiger partial charge on any atom is 0.127 e. The molecule has 0 aromatic rings. The van der Waals surface area contributed by atoms with Crippen LogP contribution in [0.1, 0.15) is 45.4 Å². The average molecular weight is 267 g/mol. The molecule has 0 aromatic heterocycles. The van der Waals surface area contributed by atoms with E-state index >= 15 is 0 Å². The first kappa shape index (κ1) is 15.0. The number of aldehydes is 1. The summed E-state index contributed by atoms with van der Waals surface area (Å²) < 4.78 is 5.54. The smallest absolute Gasteiger partial charge is 0.127 e. The summed E-state index contributed by atoms with van der Waals surface area (Å²) in [6.07, 6.45) is 8.27. The van der Waals surface area contributed by atoms with Crippen LogP contribution in [-0.4, -0.2) is 44.5 Å². The largest absolute Gasteiger partial charge is 0.381 e. The lowest BCUT2D eigenvalue weighted by Crippen LogP contribution is -2.42. The highest BCUT2D eigenvalue weighted by molar-refractivity contribution is 5.60. The van der Waals surface area contributed by atoms with E-state index in [2.05, 4.69) is 18.9 Å². The molecule has 1 aliphatic heterocycles. The van der Waals surface area contributed by atoms with Crippen LogP contribution >= 0.6 is 0 Å². The Hall–Kier alpha value is -0.410. The highest BCUT2D eigenvalue weighted by Crippen LogP contribution is 2.37. The third-order valence-corrected chi connectivity index (χ3v) is 4.93. The Labute approximate surface area is 117 Å². The van der Waals surface area contributed by atoms with E-state index in [9.17, 15) is 4.79 Å². The lowest BCUT2D eigenvalue weighted by atomic mass is 9.71. The average Bonchev–Trinajstić information content (AvgIpc) is 2.43. The zero-order valence-corrected chi connectivity index (χ0v) is 12.6. The van der Waals surface area contributed by atoms with Crippen molar-refractivity contribution < 1.29 is 9.53 Å². The van der Waals surface area contributed by atoms with Crippen LogP contribution in [0.5, 0.6) is 0 Å². The van der Waals surface area contributed by atoms with Crippen molar-refractivity contribution in [2.24, 2.45) is 17.3 Å². The summed E-state index contributed by atoms with van der Waals surface area (Å²) in [6.45, 7) is 6.13. The molecule has 19 heavy (non-hydrogen) atoms. The van der Waals surface area contributed by atoms with Crippen molar-refractivity contribution in [2.75, 3.05) is 33.4 Å². The summed E-state index contributed by atoms with van der Waals surface area (Å²) in [5, 5.41) is 0. The lowest BCUT2D eigenvalue weighted by molar-refractivity contribution is -0.119.